The molecule has 0 amide bonds. The number of carbonyl (C=O) groups excluding carboxylic acids is 1. The first-order valence-electron chi connectivity index (χ1n) is 9.18. The highest BCUT2D eigenvalue weighted by Gasteiger charge is 2.42. The Morgan fingerprint density at radius 2 is 2.00 bits per heavy atom. The molecule has 1 fully saturated rings. The topological polar surface area (TPSA) is 60.5 Å². The lowest BCUT2D eigenvalue weighted by atomic mass is 9.89. The largest absolute Gasteiger partial charge is 0.573 e. The SMILES string of the molecule is CCOC(=O)c1cnc(Nc2cccc(OC(F)(F)F)c2)c2c1C1CCC2C1. The van der Waals surface area contributed by atoms with Gasteiger partial charge in [-0.1, -0.05) is 6.07 Å². The van der Waals surface area contributed by atoms with Gasteiger partial charge in [-0.25, -0.2) is 9.78 Å². The van der Waals surface area contributed by atoms with E-state index in [1.807, 2.05) is 0 Å². The van der Waals surface area contributed by atoms with Gasteiger partial charge in [-0.05, 0) is 55.7 Å². The van der Waals surface area contributed by atoms with Gasteiger partial charge in [-0.2, -0.15) is 0 Å². The van der Waals surface area contributed by atoms with Crippen LogP contribution in [0.2, 0.25) is 0 Å². The molecule has 1 aromatic heterocycles. The number of halogens is 3. The van der Waals surface area contributed by atoms with Crippen molar-refractivity contribution in [2.24, 2.45) is 0 Å². The summed E-state index contributed by atoms with van der Waals surface area (Å²) in [5.41, 5.74) is 2.87. The Morgan fingerprint density at radius 3 is 2.71 bits per heavy atom. The van der Waals surface area contributed by atoms with Crippen LogP contribution in [0.4, 0.5) is 24.7 Å². The average Bonchev–Trinajstić information content (AvgIpc) is 3.23. The fraction of sp³-hybridized carbons (Fsp3) is 0.400. The number of hydrogen-bond donors (Lipinski definition) is 1. The second kappa shape index (κ2) is 7.00. The Labute approximate surface area is 159 Å². The molecule has 5 nitrogen and oxygen atoms in total. The van der Waals surface area contributed by atoms with Crippen LogP contribution in [0.5, 0.6) is 5.75 Å². The Morgan fingerprint density at radius 1 is 1.25 bits per heavy atom. The third-order valence-corrected chi connectivity index (χ3v) is 5.23. The zero-order valence-electron chi connectivity index (χ0n) is 15.2. The monoisotopic (exact) mass is 392 g/mol. The van der Waals surface area contributed by atoms with Crippen LogP contribution in [0.1, 0.15) is 59.5 Å². The summed E-state index contributed by atoms with van der Waals surface area (Å²) in [5.74, 6) is 0.464. The molecule has 2 aliphatic carbocycles. The normalized spacial score (nSPS) is 20.0. The third kappa shape index (κ3) is 3.50. The van der Waals surface area contributed by atoms with E-state index in [9.17, 15) is 18.0 Å². The number of benzene rings is 1. The van der Waals surface area contributed by atoms with Crippen molar-refractivity contribution in [1.29, 1.82) is 0 Å². The number of nitrogens with zero attached hydrogens (tertiary/aromatic N) is 1. The highest BCUT2D eigenvalue weighted by Crippen LogP contribution is 2.56. The van der Waals surface area contributed by atoms with Gasteiger partial charge in [0.25, 0.3) is 0 Å². The lowest BCUT2D eigenvalue weighted by molar-refractivity contribution is -0.274. The molecule has 1 heterocycles. The molecule has 148 valence electrons. The van der Waals surface area contributed by atoms with Crippen LogP contribution >= 0.6 is 0 Å². The minimum Gasteiger partial charge on any atom is -0.462 e. The summed E-state index contributed by atoms with van der Waals surface area (Å²) >= 11 is 0. The number of anilines is 2. The van der Waals surface area contributed by atoms with Gasteiger partial charge >= 0.3 is 12.3 Å². The maximum Gasteiger partial charge on any atom is 0.573 e. The van der Waals surface area contributed by atoms with E-state index in [0.29, 0.717) is 28.9 Å². The Hall–Kier alpha value is -2.77. The van der Waals surface area contributed by atoms with E-state index in [4.69, 9.17) is 4.74 Å². The summed E-state index contributed by atoms with van der Waals surface area (Å²) in [7, 11) is 0. The number of alkyl halides is 3. The Balaban J connectivity index is 1.67. The number of pyridine rings is 1. The van der Waals surface area contributed by atoms with Crippen molar-refractivity contribution in [2.45, 2.75) is 44.4 Å². The number of esters is 1. The van der Waals surface area contributed by atoms with Crippen LogP contribution in [0.3, 0.4) is 0 Å². The smallest absolute Gasteiger partial charge is 0.462 e. The van der Waals surface area contributed by atoms with Crippen molar-refractivity contribution < 1.29 is 27.4 Å². The van der Waals surface area contributed by atoms with Crippen LogP contribution in [0.15, 0.2) is 30.5 Å². The first-order valence-corrected chi connectivity index (χ1v) is 9.18. The van der Waals surface area contributed by atoms with Gasteiger partial charge in [-0.3, -0.25) is 0 Å². The van der Waals surface area contributed by atoms with Crippen LogP contribution < -0.4 is 10.1 Å². The zero-order chi connectivity index (χ0) is 19.9. The summed E-state index contributed by atoms with van der Waals surface area (Å²) in [4.78, 5) is 16.7. The molecule has 0 saturated heterocycles. The number of fused-ring (bicyclic) bond motifs is 5. The van der Waals surface area contributed by atoms with Crippen molar-refractivity contribution in [3.8, 4) is 5.75 Å². The Kier molecular flexibility index (Phi) is 4.64. The van der Waals surface area contributed by atoms with E-state index < -0.39 is 6.36 Å². The van der Waals surface area contributed by atoms with E-state index in [2.05, 4.69) is 15.0 Å². The fourth-order valence-corrected chi connectivity index (χ4v) is 4.28. The molecule has 4 rings (SSSR count). The molecule has 1 saturated carbocycles. The van der Waals surface area contributed by atoms with Crippen LogP contribution in [-0.4, -0.2) is 23.9 Å². The number of ether oxygens (including phenoxy) is 2. The zero-order valence-corrected chi connectivity index (χ0v) is 15.2. The lowest BCUT2D eigenvalue weighted by Crippen LogP contribution is -2.17. The molecule has 2 unspecified atom stereocenters. The van der Waals surface area contributed by atoms with Gasteiger partial charge in [0.2, 0.25) is 0 Å². The lowest BCUT2D eigenvalue weighted by Gasteiger charge is -2.21. The van der Waals surface area contributed by atoms with E-state index >= 15 is 0 Å². The van der Waals surface area contributed by atoms with Crippen molar-refractivity contribution in [3.05, 3.63) is 47.2 Å². The molecule has 2 atom stereocenters. The summed E-state index contributed by atoms with van der Waals surface area (Å²) in [6.45, 7) is 2.04. The third-order valence-electron chi connectivity index (χ3n) is 5.23. The van der Waals surface area contributed by atoms with E-state index in [0.717, 1.165) is 30.4 Å². The predicted molar refractivity (Wildman–Crippen MR) is 95.9 cm³/mol. The molecular weight excluding hydrogens is 373 g/mol. The molecule has 1 aromatic carbocycles. The van der Waals surface area contributed by atoms with Gasteiger partial charge < -0.3 is 14.8 Å². The molecule has 2 bridgehead atoms. The van der Waals surface area contributed by atoms with Crippen LogP contribution in [-0.2, 0) is 4.74 Å². The maximum atomic E-state index is 12.5. The van der Waals surface area contributed by atoms with Crippen LogP contribution in [0, 0.1) is 0 Å². The van der Waals surface area contributed by atoms with Crippen molar-refractivity contribution in [3.63, 3.8) is 0 Å². The minimum absolute atomic E-state index is 0.285. The minimum atomic E-state index is -4.75. The van der Waals surface area contributed by atoms with Crippen molar-refractivity contribution in [2.75, 3.05) is 11.9 Å². The summed E-state index contributed by atoms with van der Waals surface area (Å²) < 4.78 is 46.5. The van der Waals surface area contributed by atoms with E-state index in [-0.39, 0.29) is 18.3 Å². The predicted octanol–water partition coefficient (Wildman–Crippen LogP) is 5.27. The van der Waals surface area contributed by atoms with Gasteiger partial charge in [0.15, 0.2) is 0 Å². The number of carbonyl (C=O) groups is 1. The second-order valence-electron chi connectivity index (χ2n) is 6.98. The van der Waals surface area contributed by atoms with Crippen LogP contribution in [0.25, 0.3) is 0 Å². The maximum absolute atomic E-state index is 12.5. The van der Waals surface area contributed by atoms with Gasteiger partial charge in [0.1, 0.15) is 11.6 Å². The number of aromatic nitrogens is 1. The van der Waals surface area contributed by atoms with E-state index in [1.54, 1.807) is 13.0 Å². The first-order chi connectivity index (χ1) is 13.4. The summed E-state index contributed by atoms with van der Waals surface area (Å²) in [5, 5.41) is 3.10. The Bertz CT molecular complexity index is 914. The molecule has 0 aliphatic heterocycles. The van der Waals surface area contributed by atoms with Gasteiger partial charge in [0.05, 0.1) is 12.2 Å². The van der Waals surface area contributed by atoms with Gasteiger partial charge in [0, 0.05) is 23.5 Å². The molecule has 0 radical (unpaired) electrons. The number of rotatable bonds is 5. The van der Waals surface area contributed by atoms with Crippen molar-refractivity contribution in [1.82, 2.24) is 4.98 Å². The molecule has 1 N–H and O–H groups in total. The highest BCUT2D eigenvalue weighted by atomic mass is 19.4. The average molecular weight is 392 g/mol. The highest BCUT2D eigenvalue weighted by molar-refractivity contribution is 5.92. The van der Waals surface area contributed by atoms with Crippen molar-refractivity contribution >= 4 is 17.5 Å². The second-order valence-corrected chi connectivity index (χ2v) is 6.98. The fourth-order valence-electron chi connectivity index (χ4n) is 4.28. The first kappa shape index (κ1) is 18.6. The molecule has 0 spiro atoms. The number of hydrogen-bond acceptors (Lipinski definition) is 5. The van der Waals surface area contributed by atoms with E-state index in [1.165, 1.54) is 24.4 Å². The molecule has 2 aromatic rings. The number of nitrogens with one attached hydrogen (secondary N) is 1. The molecular formula is C20H19F3N2O3. The van der Waals surface area contributed by atoms with Gasteiger partial charge in [-0.15, -0.1) is 13.2 Å². The molecule has 2 aliphatic rings. The summed E-state index contributed by atoms with van der Waals surface area (Å²) in [6, 6.07) is 5.63. The summed E-state index contributed by atoms with van der Waals surface area (Å²) in [6.07, 6.45) is -0.270. The molecule has 28 heavy (non-hydrogen) atoms. The molecule has 8 heteroatoms. The standard InChI is InChI=1S/C20H19F3N2O3/c1-2-27-19(26)15-10-24-18(17-12-7-6-11(8-12)16(15)17)25-13-4-3-5-14(9-13)28-20(21,22)23/h3-5,9-12H,2,6-8H2,1H3,(H,24,25). The quantitative estimate of drug-likeness (QED) is 0.703.